The smallest absolute Gasteiger partial charge is 0.123 e. The maximum Gasteiger partial charge on any atom is 0.123 e. The zero-order valence-electron chi connectivity index (χ0n) is 15.7. The lowest BCUT2D eigenvalue weighted by atomic mass is 9.94. The quantitative estimate of drug-likeness (QED) is 0.691. The van der Waals surface area contributed by atoms with Gasteiger partial charge in [0.15, 0.2) is 0 Å². The van der Waals surface area contributed by atoms with Crippen molar-refractivity contribution in [2.45, 2.75) is 58.7 Å². The van der Waals surface area contributed by atoms with Crippen LogP contribution >= 0.6 is 0 Å². The molecule has 1 N–H and O–H groups in total. The van der Waals surface area contributed by atoms with Crippen LogP contribution in [0.3, 0.4) is 0 Å². The molecule has 25 heavy (non-hydrogen) atoms. The average molecular weight is 343 g/mol. The van der Waals surface area contributed by atoms with Crippen LogP contribution in [0.4, 0.5) is 4.39 Å². The van der Waals surface area contributed by atoms with Gasteiger partial charge in [0.25, 0.3) is 0 Å². The Morgan fingerprint density at radius 1 is 0.960 bits per heavy atom. The molecule has 0 radical (unpaired) electrons. The lowest BCUT2D eigenvalue weighted by molar-refractivity contribution is 0.135. The van der Waals surface area contributed by atoms with Crippen LogP contribution in [0.5, 0.6) is 0 Å². The van der Waals surface area contributed by atoms with E-state index in [1.165, 1.54) is 12.1 Å². The lowest BCUT2D eigenvalue weighted by Gasteiger charge is -2.30. The van der Waals surface area contributed by atoms with E-state index in [9.17, 15) is 9.50 Å². The minimum atomic E-state index is -0.586. The van der Waals surface area contributed by atoms with E-state index < -0.39 is 6.10 Å². The molecule has 0 heterocycles. The minimum absolute atomic E-state index is 0.277. The van der Waals surface area contributed by atoms with Crippen molar-refractivity contribution in [2.75, 3.05) is 6.54 Å². The fourth-order valence-corrected chi connectivity index (χ4v) is 3.42. The fourth-order valence-electron chi connectivity index (χ4n) is 3.42. The van der Waals surface area contributed by atoms with Crippen LogP contribution < -0.4 is 0 Å². The molecule has 0 saturated heterocycles. The van der Waals surface area contributed by atoms with Crippen molar-refractivity contribution < 1.29 is 9.50 Å². The summed E-state index contributed by atoms with van der Waals surface area (Å²) in [5.74, 6) is -0.277. The predicted molar refractivity (Wildman–Crippen MR) is 103 cm³/mol. The highest BCUT2D eigenvalue weighted by molar-refractivity contribution is 5.67. The predicted octanol–water partition coefficient (Wildman–Crippen LogP) is 5.43. The summed E-state index contributed by atoms with van der Waals surface area (Å²) >= 11 is 0. The normalized spacial score (nSPS) is 13.0. The third-order valence-corrected chi connectivity index (χ3v) is 4.68. The Balaban J connectivity index is 2.11. The summed E-state index contributed by atoms with van der Waals surface area (Å²) in [6.45, 7) is 9.75. The van der Waals surface area contributed by atoms with Gasteiger partial charge in [-0.15, -0.1) is 0 Å². The van der Waals surface area contributed by atoms with Crippen LogP contribution in [0, 0.1) is 5.82 Å². The second-order valence-corrected chi connectivity index (χ2v) is 7.18. The van der Waals surface area contributed by atoms with E-state index in [1.54, 1.807) is 6.07 Å². The van der Waals surface area contributed by atoms with E-state index in [4.69, 9.17) is 0 Å². The summed E-state index contributed by atoms with van der Waals surface area (Å²) < 4.78 is 13.7. The molecule has 0 aromatic heterocycles. The van der Waals surface area contributed by atoms with Crippen molar-refractivity contribution in [1.82, 2.24) is 4.90 Å². The number of benzene rings is 2. The molecule has 0 aliphatic carbocycles. The Labute approximate surface area is 151 Å². The Kier molecular flexibility index (Phi) is 7.15. The van der Waals surface area contributed by atoms with Gasteiger partial charge in [-0.25, -0.2) is 4.39 Å². The van der Waals surface area contributed by atoms with Gasteiger partial charge < -0.3 is 5.11 Å². The van der Waals surface area contributed by atoms with Gasteiger partial charge in [0.2, 0.25) is 0 Å². The zero-order valence-corrected chi connectivity index (χ0v) is 15.7. The van der Waals surface area contributed by atoms with Crippen LogP contribution in [0.25, 0.3) is 11.1 Å². The first-order valence-electron chi connectivity index (χ1n) is 9.18. The van der Waals surface area contributed by atoms with Crippen molar-refractivity contribution >= 4 is 0 Å². The van der Waals surface area contributed by atoms with E-state index in [0.29, 0.717) is 18.5 Å². The van der Waals surface area contributed by atoms with Crippen molar-refractivity contribution in [3.63, 3.8) is 0 Å². The molecular formula is C22H30FNO. The number of aliphatic hydroxyl groups is 1. The molecule has 2 rings (SSSR count). The van der Waals surface area contributed by atoms with Gasteiger partial charge in [0, 0.05) is 12.1 Å². The average Bonchev–Trinajstić information content (AvgIpc) is 2.58. The largest absolute Gasteiger partial charge is 0.388 e. The molecule has 1 unspecified atom stereocenters. The van der Waals surface area contributed by atoms with Crippen molar-refractivity contribution in [2.24, 2.45) is 0 Å². The molecule has 0 spiro atoms. The van der Waals surface area contributed by atoms with Crippen molar-refractivity contribution in [3.8, 4) is 11.1 Å². The maximum absolute atomic E-state index is 13.7. The Hall–Kier alpha value is -1.71. The SMILES string of the molecule is CC(C)N(CCCC(O)c1ccc(F)cc1-c1ccccc1)C(C)C. The Morgan fingerprint density at radius 2 is 1.60 bits per heavy atom. The first-order valence-corrected chi connectivity index (χ1v) is 9.18. The molecule has 0 bridgehead atoms. The summed E-state index contributed by atoms with van der Waals surface area (Å²) in [7, 11) is 0. The molecular weight excluding hydrogens is 313 g/mol. The number of rotatable bonds is 8. The topological polar surface area (TPSA) is 23.5 Å². The summed E-state index contributed by atoms with van der Waals surface area (Å²) in [6.07, 6.45) is 0.988. The first-order chi connectivity index (χ1) is 11.9. The van der Waals surface area contributed by atoms with Crippen LogP contribution in [0.1, 0.15) is 52.2 Å². The van der Waals surface area contributed by atoms with Crippen molar-refractivity contribution in [1.29, 1.82) is 0 Å². The molecule has 136 valence electrons. The zero-order chi connectivity index (χ0) is 18.4. The summed E-state index contributed by atoms with van der Waals surface area (Å²) in [6, 6.07) is 15.3. The van der Waals surface area contributed by atoms with E-state index >= 15 is 0 Å². The van der Waals surface area contributed by atoms with Gasteiger partial charge in [-0.05, 0) is 75.9 Å². The molecule has 0 amide bonds. The summed E-state index contributed by atoms with van der Waals surface area (Å²) in [5, 5.41) is 10.7. The van der Waals surface area contributed by atoms with Gasteiger partial charge in [0.05, 0.1) is 6.10 Å². The monoisotopic (exact) mass is 343 g/mol. The highest BCUT2D eigenvalue weighted by Gasteiger charge is 2.17. The second-order valence-electron chi connectivity index (χ2n) is 7.18. The Bertz CT molecular complexity index is 646. The van der Waals surface area contributed by atoms with E-state index in [2.05, 4.69) is 32.6 Å². The van der Waals surface area contributed by atoms with Crippen LogP contribution in [-0.4, -0.2) is 28.6 Å². The molecule has 0 aliphatic rings. The molecule has 3 heteroatoms. The molecule has 2 nitrogen and oxygen atoms in total. The Morgan fingerprint density at radius 3 is 2.20 bits per heavy atom. The molecule has 0 aliphatic heterocycles. The van der Waals surface area contributed by atoms with E-state index in [0.717, 1.165) is 29.7 Å². The van der Waals surface area contributed by atoms with Crippen LogP contribution in [0.2, 0.25) is 0 Å². The van der Waals surface area contributed by atoms with Gasteiger partial charge in [-0.1, -0.05) is 36.4 Å². The number of nitrogens with zero attached hydrogens (tertiary/aromatic N) is 1. The fraction of sp³-hybridized carbons (Fsp3) is 0.455. The second kappa shape index (κ2) is 9.12. The van der Waals surface area contributed by atoms with Crippen molar-refractivity contribution in [3.05, 3.63) is 59.9 Å². The molecule has 2 aromatic carbocycles. The molecule has 2 aromatic rings. The molecule has 0 saturated carbocycles. The highest BCUT2D eigenvalue weighted by Crippen LogP contribution is 2.31. The third-order valence-electron chi connectivity index (χ3n) is 4.68. The van der Waals surface area contributed by atoms with Gasteiger partial charge >= 0.3 is 0 Å². The van der Waals surface area contributed by atoms with Gasteiger partial charge in [-0.2, -0.15) is 0 Å². The number of halogens is 1. The standard InChI is InChI=1S/C22H30FNO/c1-16(2)24(17(3)4)14-8-11-22(25)20-13-12-19(23)15-21(20)18-9-6-5-7-10-18/h5-7,9-10,12-13,15-17,22,25H,8,11,14H2,1-4H3. The maximum atomic E-state index is 13.7. The number of aliphatic hydroxyl groups excluding tert-OH is 1. The van der Waals surface area contributed by atoms with Crippen LogP contribution in [0.15, 0.2) is 48.5 Å². The van der Waals surface area contributed by atoms with E-state index in [-0.39, 0.29) is 5.82 Å². The first kappa shape index (κ1) is 19.6. The summed E-state index contributed by atoms with van der Waals surface area (Å²) in [5.41, 5.74) is 2.51. The lowest BCUT2D eigenvalue weighted by Crippen LogP contribution is -2.37. The minimum Gasteiger partial charge on any atom is -0.388 e. The summed E-state index contributed by atoms with van der Waals surface area (Å²) in [4.78, 5) is 2.43. The third kappa shape index (κ3) is 5.38. The molecule has 1 atom stereocenters. The number of hydrogen-bond donors (Lipinski definition) is 1. The van der Waals surface area contributed by atoms with Crippen LogP contribution in [-0.2, 0) is 0 Å². The molecule has 0 fully saturated rings. The van der Waals surface area contributed by atoms with Gasteiger partial charge in [-0.3, -0.25) is 4.90 Å². The van der Waals surface area contributed by atoms with E-state index in [1.807, 2.05) is 30.3 Å². The highest BCUT2D eigenvalue weighted by atomic mass is 19.1. The number of hydrogen-bond acceptors (Lipinski definition) is 2. The van der Waals surface area contributed by atoms with Gasteiger partial charge in [0.1, 0.15) is 5.82 Å².